The summed E-state index contributed by atoms with van der Waals surface area (Å²) < 4.78 is 0. The zero-order valence-corrected chi connectivity index (χ0v) is 11.0. The number of anilines is 1. The predicted molar refractivity (Wildman–Crippen MR) is 72.5 cm³/mol. The number of carboxylic acids is 1. The van der Waals surface area contributed by atoms with Crippen LogP contribution in [0.25, 0.3) is 0 Å². The molecule has 1 aliphatic carbocycles. The van der Waals surface area contributed by atoms with Crippen LogP contribution < -0.4 is 5.32 Å². The fourth-order valence-electron chi connectivity index (χ4n) is 2.69. The number of aromatic nitrogens is 1. The van der Waals surface area contributed by atoms with Crippen LogP contribution >= 0.6 is 0 Å². The molecule has 0 aromatic carbocycles. The van der Waals surface area contributed by atoms with Crippen LogP contribution in [0.2, 0.25) is 0 Å². The second-order valence-electron chi connectivity index (χ2n) is 5.00. The van der Waals surface area contributed by atoms with Gasteiger partial charge >= 0.3 is 11.7 Å². The molecule has 1 aromatic heterocycles. The average molecular weight is 279 g/mol. The molecule has 0 saturated heterocycles. The molecule has 0 aliphatic heterocycles. The molecule has 0 bridgehead atoms. The van der Waals surface area contributed by atoms with Gasteiger partial charge in [-0.05, 0) is 24.8 Å². The Morgan fingerprint density at radius 2 is 2.25 bits per heavy atom. The number of hydrogen-bond acceptors (Lipinski definition) is 5. The fourth-order valence-corrected chi connectivity index (χ4v) is 2.69. The van der Waals surface area contributed by atoms with Crippen molar-refractivity contribution in [3.8, 4) is 0 Å². The van der Waals surface area contributed by atoms with Crippen molar-refractivity contribution in [3.05, 3.63) is 28.4 Å². The van der Waals surface area contributed by atoms with E-state index in [4.69, 9.17) is 0 Å². The molecule has 1 aromatic rings. The maximum absolute atomic E-state index is 11.2. The molecule has 0 amide bonds. The summed E-state index contributed by atoms with van der Waals surface area (Å²) >= 11 is 0. The molecule has 20 heavy (non-hydrogen) atoms. The first-order valence-corrected chi connectivity index (χ1v) is 6.65. The average Bonchev–Trinajstić information content (AvgIpc) is 2.45. The maximum atomic E-state index is 11.2. The van der Waals surface area contributed by atoms with Crippen LogP contribution in [0.4, 0.5) is 11.5 Å². The largest absolute Gasteiger partial charge is 0.481 e. The molecule has 1 fully saturated rings. The zero-order chi connectivity index (χ0) is 14.5. The summed E-state index contributed by atoms with van der Waals surface area (Å²) in [6.07, 6.45) is 4.90. The topological polar surface area (TPSA) is 105 Å². The van der Waals surface area contributed by atoms with Gasteiger partial charge in [-0.3, -0.25) is 14.9 Å². The van der Waals surface area contributed by atoms with Crippen molar-refractivity contribution in [2.75, 3.05) is 11.9 Å². The number of nitrogens with one attached hydrogen (secondary N) is 1. The lowest BCUT2D eigenvalue weighted by Gasteiger charge is -2.28. The maximum Gasteiger partial charge on any atom is 0.311 e. The molecule has 2 atom stereocenters. The number of hydrogen-bond donors (Lipinski definition) is 2. The quantitative estimate of drug-likeness (QED) is 0.632. The van der Waals surface area contributed by atoms with Crippen LogP contribution in [0, 0.1) is 22.0 Å². The van der Waals surface area contributed by atoms with E-state index < -0.39 is 10.9 Å². The molecular formula is C13H17N3O4. The molecule has 0 spiro atoms. The van der Waals surface area contributed by atoms with Gasteiger partial charge in [-0.25, -0.2) is 4.98 Å². The van der Waals surface area contributed by atoms with Crippen LogP contribution in [0.5, 0.6) is 0 Å². The van der Waals surface area contributed by atoms with Gasteiger partial charge in [0.25, 0.3) is 0 Å². The van der Waals surface area contributed by atoms with E-state index in [-0.39, 0.29) is 23.3 Å². The number of aliphatic carboxylic acids is 1. The fraction of sp³-hybridized carbons (Fsp3) is 0.538. The van der Waals surface area contributed by atoms with E-state index in [1.165, 1.54) is 18.3 Å². The van der Waals surface area contributed by atoms with Gasteiger partial charge in [0.2, 0.25) is 5.82 Å². The molecule has 108 valence electrons. The van der Waals surface area contributed by atoms with Crippen LogP contribution in [0.1, 0.15) is 25.7 Å². The SMILES string of the molecule is O=C(O)C1CCCCC1CNc1ncccc1[N+](=O)[O-]. The molecule has 1 saturated carbocycles. The van der Waals surface area contributed by atoms with Gasteiger partial charge in [0.1, 0.15) is 0 Å². The highest BCUT2D eigenvalue weighted by Gasteiger charge is 2.31. The lowest BCUT2D eigenvalue weighted by molar-refractivity contribution is -0.384. The molecular weight excluding hydrogens is 262 g/mol. The standard InChI is InChI=1S/C13H17N3O4/c17-13(18)10-5-2-1-4-9(10)8-15-12-11(16(19)20)6-3-7-14-12/h3,6-7,9-10H,1-2,4-5,8H2,(H,14,15)(H,17,18). The summed E-state index contributed by atoms with van der Waals surface area (Å²) in [7, 11) is 0. The third kappa shape index (κ3) is 3.23. The molecule has 1 aliphatic rings. The molecule has 7 nitrogen and oxygen atoms in total. The van der Waals surface area contributed by atoms with E-state index in [0.29, 0.717) is 13.0 Å². The molecule has 0 radical (unpaired) electrons. The molecule has 2 unspecified atom stereocenters. The summed E-state index contributed by atoms with van der Waals surface area (Å²) in [4.78, 5) is 25.5. The Morgan fingerprint density at radius 1 is 1.50 bits per heavy atom. The van der Waals surface area contributed by atoms with Gasteiger partial charge in [0, 0.05) is 18.8 Å². The number of carboxylic acid groups (broad SMARTS) is 1. The smallest absolute Gasteiger partial charge is 0.311 e. The lowest BCUT2D eigenvalue weighted by Crippen LogP contribution is -2.32. The molecule has 2 rings (SSSR count). The predicted octanol–water partition coefficient (Wildman–Crippen LogP) is 2.29. The van der Waals surface area contributed by atoms with E-state index in [1.54, 1.807) is 0 Å². The molecule has 2 N–H and O–H groups in total. The van der Waals surface area contributed by atoms with Gasteiger partial charge < -0.3 is 10.4 Å². The van der Waals surface area contributed by atoms with Crippen LogP contribution in [-0.4, -0.2) is 27.5 Å². The highest BCUT2D eigenvalue weighted by molar-refractivity contribution is 5.70. The van der Waals surface area contributed by atoms with Gasteiger partial charge in [-0.15, -0.1) is 0 Å². The van der Waals surface area contributed by atoms with Crippen LogP contribution in [0.3, 0.4) is 0 Å². The Bertz CT molecular complexity index is 506. The Balaban J connectivity index is 2.04. The second-order valence-corrected chi connectivity index (χ2v) is 5.00. The Labute approximate surface area is 116 Å². The first kappa shape index (κ1) is 14.2. The minimum absolute atomic E-state index is 0.0112. The summed E-state index contributed by atoms with van der Waals surface area (Å²) in [6.45, 7) is 0.398. The van der Waals surface area contributed by atoms with Gasteiger partial charge in [0.05, 0.1) is 10.8 Å². The van der Waals surface area contributed by atoms with Gasteiger partial charge in [-0.1, -0.05) is 12.8 Å². The number of rotatable bonds is 5. The van der Waals surface area contributed by atoms with Crippen molar-refractivity contribution in [2.24, 2.45) is 11.8 Å². The van der Waals surface area contributed by atoms with E-state index in [0.717, 1.165) is 19.3 Å². The van der Waals surface area contributed by atoms with Crippen molar-refractivity contribution in [2.45, 2.75) is 25.7 Å². The van der Waals surface area contributed by atoms with Gasteiger partial charge in [-0.2, -0.15) is 0 Å². The number of carbonyl (C=O) groups is 1. The zero-order valence-electron chi connectivity index (χ0n) is 11.0. The van der Waals surface area contributed by atoms with Crippen molar-refractivity contribution >= 4 is 17.5 Å². The van der Waals surface area contributed by atoms with E-state index in [1.807, 2.05) is 0 Å². The highest BCUT2D eigenvalue weighted by Crippen LogP contribution is 2.31. The normalized spacial score (nSPS) is 22.2. The Hall–Kier alpha value is -2.18. The first-order chi connectivity index (χ1) is 9.59. The minimum Gasteiger partial charge on any atom is -0.481 e. The Morgan fingerprint density at radius 3 is 2.95 bits per heavy atom. The number of nitrogens with zero attached hydrogens (tertiary/aromatic N) is 2. The monoisotopic (exact) mass is 279 g/mol. The van der Waals surface area contributed by atoms with Crippen LogP contribution in [-0.2, 0) is 4.79 Å². The summed E-state index contributed by atoms with van der Waals surface area (Å²) in [5.74, 6) is -0.971. The van der Waals surface area contributed by atoms with Crippen molar-refractivity contribution in [3.63, 3.8) is 0 Å². The summed E-state index contributed by atoms with van der Waals surface area (Å²) in [5, 5.41) is 23.0. The minimum atomic E-state index is -0.785. The van der Waals surface area contributed by atoms with E-state index in [9.17, 15) is 20.0 Å². The summed E-state index contributed by atoms with van der Waals surface area (Å²) in [5.41, 5.74) is -0.0878. The van der Waals surface area contributed by atoms with Crippen LogP contribution in [0.15, 0.2) is 18.3 Å². The molecule has 7 heteroatoms. The van der Waals surface area contributed by atoms with Crippen molar-refractivity contribution < 1.29 is 14.8 Å². The van der Waals surface area contributed by atoms with Crippen molar-refractivity contribution in [1.82, 2.24) is 4.98 Å². The lowest BCUT2D eigenvalue weighted by atomic mass is 9.79. The number of pyridine rings is 1. The van der Waals surface area contributed by atoms with Gasteiger partial charge in [0.15, 0.2) is 0 Å². The molecule has 1 heterocycles. The summed E-state index contributed by atoms with van der Waals surface area (Å²) in [6, 6.07) is 2.88. The second kappa shape index (κ2) is 6.31. The third-order valence-electron chi connectivity index (χ3n) is 3.74. The van der Waals surface area contributed by atoms with E-state index >= 15 is 0 Å². The van der Waals surface area contributed by atoms with E-state index in [2.05, 4.69) is 10.3 Å². The van der Waals surface area contributed by atoms with Crippen molar-refractivity contribution in [1.29, 1.82) is 0 Å². The third-order valence-corrected chi connectivity index (χ3v) is 3.74. The first-order valence-electron chi connectivity index (χ1n) is 6.65. The number of nitro groups is 1. The highest BCUT2D eigenvalue weighted by atomic mass is 16.6. The Kier molecular flexibility index (Phi) is 4.49.